The molecule has 3 aromatic rings. The van der Waals surface area contributed by atoms with Gasteiger partial charge in [0.15, 0.2) is 0 Å². The quantitative estimate of drug-likeness (QED) is 0.739. The van der Waals surface area contributed by atoms with Crippen LogP contribution in [0.2, 0.25) is 0 Å². The lowest BCUT2D eigenvalue weighted by Crippen LogP contribution is -2.36. The van der Waals surface area contributed by atoms with Gasteiger partial charge in [0, 0.05) is 24.8 Å². The van der Waals surface area contributed by atoms with E-state index in [1.165, 1.54) is 10.2 Å². The number of carbonyl (C=O) groups is 1. The third kappa shape index (κ3) is 2.50. The highest BCUT2D eigenvalue weighted by Gasteiger charge is 2.22. The molecule has 0 radical (unpaired) electrons. The second kappa shape index (κ2) is 5.96. The van der Waals surface area contributed by atoms with E-state index in [0.717, 1.165) is 25.1 Å². The van der Waals surface area contributed by atoms with E-state index < -0.39 is 0 Å². The number of hydrogen-bond acceptors (Lipinski definition) is 3. The Kier molecular flexibility index (Phi) is 3.65. The zero-order chi connectivity index (χ0) is 16.5. The van der Waals surface area contributed by atoms with E-state index in [-0.39, 0.29) is 24.4 Å². The SMILES string of the molecule is O=C(CCn1ncn2cccc2c1=O)N1CCCc2ccccc21. The number of aryl methyl sites for hydroxylation is 2. The fourth-order valence-corrected chi connectivity index (χ4v) is 3.27. The minimum absolute atomic E-state index is 0.0334. The molecule has 1 aromatic carbocycles. The van der Waals surface area contributed by atoms with Crippen molar-refractivity contribution in [2.24, 2.45) is 0 Å². The van der Waals surface area contributed by atoms with Crippen molar-refractivity contribution >= 4 is 17.1 Å². The lowest BCUT2D eigenvalue weighted by atomic mass is 10.0. The first kappa shape index (κ1) is 14.7. The number of fused-ring (bicyclic) bond motifs is 2. The summed E-state index contributed by atoms with van der Waals surface area (Å²) in [5.74, 6) is 0.0334. The first-order chi connectivity index (χ1) is 11.7. The molecule has 6 heteroatoms. The van der Waals surface area contributed by atoms with Crippen molar-refractivity contribution < 1.29 is 4.79 Å². The van der Waals surface area contributed by atoms with E-state index in [1.807, 2.05) is 23.1 Å². The van der Waals surface area contributed by atoms with Crippen LogP contribution in [0, 0.1) is 0 Å². The van der Waals surface area contributed by atoms with Crippen LogP contribution >= 0.6 is 0 Å². The summed E-state index contributed by atoms with van der Waals surface area (Å²) >= 11 is 0. The van der Waals surface area contributed by atoms with Gasteiger partial charge in [-0.15, -0.1) is 0 Å². The Morgan fingerprint density at radius 2 is 2.04 bits per heavy atom. The van der Waals surface area contributed by atoms with Crippen LogP contribution < -0.4 is 10.5 Å². The van der Waals surface area contributed by atoms with Gasteiger partial charge in [-0.1, -0.05) is 18.2 Å². The minimum atomic E-state index is -0.172. The summed E-state index contributed by atoms with van der Waals surface area (Å²) in [6.45, 7) is 1.02. The number of amides is 1. The van der Waals surface area contributed by atoms with E-state index >= 15 is 0 Å². The highest BCUT2D eigenvalue weighted by molar-refractivity contribution is 5.94. The van der Waals surface area contributed by atoms with Crippen molar-refractivity contribution in [3.63, 3.8) is 0 Å². The molecule has 6 nitrogen and oxygen atoms in total. The highest BCUT2D eigenvalue weighted by Crippen LogP contribution is 2.27. The molecule has 4 rings (SSSR count). The van der Waals surface area contributed by atoms with Gasteiger partial charge in [-0.25, -0.2) is 4.68 Å². The number of hydrogen-bond donors (Lipinski definition) is 0. The Balaban J connectivity index is 1.53. The molecule has 0 atom stereocenters. The summed E-state index contributed by atoms with van der Waals surface area (Å²) in [4.78, 5) is 26.8. The van der Waals surface area contributed by atoms with E-state index in [0.29, 0.717) is 5.52 Å². The van der Waals surface area contributed by atoms with Crippen molar-refractivity contribution in [1.29, 1.82) is 0 Å². The van der Waals surface area contributed by atoms with Crippen LogP contribution in [0.1, 0.15) is 18.4 Å². The van der Waals surface area contributed by atoms with Crippen LogP contribution in [0.5, 0.6) is 0 Å². The zero-order valence-electron chi connectivity index (χ0n) is 13.3. The number of aromatic nitrogens is 3. The third-order valence-electron chi connectivity index (χ3n) is 4.50. The first-order valence-electron chi connectivity index (χ1n) is 8.15. The number of anilines is 1. The van der Waals surface area contributed by atoms with Crippen LogP contribution in [0.3, 0.4) is 0 Å². The van der Waals surface area contributed by atoms with Gasteiger partial charge in [0.2, 0.25) is 5.91 Å². The summed E-state index contributed by atoms with van der Waals surface area (Å²) in [6.07, 6.45) is 5.61. The van der Waals surface area contributed by atoms with Crippen LogP contribution in [0.15, 0.2) is 53.7 Å². The molecule has 122 valence electrons. The molecule has 0 bridgehead atoms. The zero-order valence-corrected chi connectivity index (χ0v) is 13.3. The average molecular weight is 322 g/mol. The summed E-state index contributed by atoms with van der Waals surface area (Å²) in [6, 6.07) is 11.6. The summed E-state index contributed by atoms with van der Waals surface area (Å²) in [5, 5.41) is 4.14. The van der Waals surface area contributed by atoms with Crippen molar-refractivity contribution in [2.45, 2.75) is 25.8 Å². The standard InChI is InChI=1S/C18H18N4O2/c23-17(21-11-3-6-14-5-1-2-7-15(14)21)9-12-22-18(24)16-8-4-10-20(16)13-19-22/h1-2,4-5,7-8,10,13H,3,6,9,11-12H2. The van der Waals surface area contributed by atoms with Gasteiger partial charge in [-0.05, 0) is 36.6 Å². The van der Waals surface area contributed by atoms with Crippen LogP contribution in [-0.2, 0) is 17.8 Å². The summed E-state index contributed by atoms with van der Waals surface area (Å²) in [7, 11) is 0. The molecule has 0 spiro atoms. The van der Waals surface area contributed by atoms with E-state index in [1.54, 1.807) is 29.1 Å². The summed E-state index contributed by atoms with van der Waals surface area (Å²) in [5.41, 5.74) is 2.60. The molecular formula is C18H18N4O2. The molecule has 0 unspecified atom stereocenters. The van der Waals surface area contributed by atoms with Gasteiger partial charge >= 0.3 is 0 Å². The van der Waals surface area contributed by atoms with Gasteiger partial charge in [0.05, 0.1) is 6.54 Å². The van der Waals surface area contributed by atoms with Crippen molar-refractivity contribution in [1.82, 2.24) is 14.2 Å². The lowest BCUT2D eigenvalue weighted by Gasteiger charge is -2.29. The van der Waals surface area contributed by atoms with Gasteiger partial charge < -0.3 is 9.30 Å². The Hall–Kier alpha value is -2.89. The molecule has 0 saturated carbocycles. The van der Waals surface area contributed by atoms with Crippen molar-refractivity contribution in [2.75, 3.05) is 11.4 Å². The third-order valence-corrected chi connectivity index (χ3v) is 4.50. The molecule has 1 amide bonds. The topological polar surface area (TPSA) is 59.6 Å². The predicted molar refractivity (Wildman–Crippen MR) is 91.2 cm³/mol. The van der Waals surface area contributed by atoms with Crippen LogP contribution in [0.4, 0.5) is 5.69 Å². The Morgan fingerprint density at radius 3 is 2.96 bits per heavy atom. The lowest BCUT2D eigenvalue weighted by molar-refractivity contribution is -0.119. The number of carbonyl (C=O) groups excluding carboxylic acids is 1. The number of benzene rings is 1. The van der Waals surface area contributed by atoms with Crippen molar-refractivity contribution in [3.05, 3.63) is 64.8 Å². The van der Waals surface area contributed by atoms with Gasteiger partial charge in [0.1, 0.15) is 11.8 Å². The number of para-hydroxylation sites is 1. The Bertz CT molecular complexity index is 957. The minimum Gasteiger partial charge on any atom is -0.312 e. The number of rotatable bonds is 3. The second-order valence-electron chi connectivity index (χ2n) is 5.99. The maximum atomic E-state index is 12.6. The number of nitrogens with zero attached hydrogens (tertiary/aromatic N) is 4. The predicted octanol–water partition coefficient (Wildman–Crippen LogP) is 1.87. The van der Waals surface area contributed by atoms with Crippen LogP contribution in [0.25, 0.3) is 5.52 Å². The molecule has 0 N–H and O–H groups in total. The monoisotopic (exact) mass is 322 g/mol. The normalized spacial score (nSPS) is 13.9. The largest absolute Gasteiger partial charge is 0.312 e. The molecule has 24 heavy (non-hydrogen) atoms. The Labute approximate surface area is 138 Å². The van der Waals surface area contributed by atoms with Crippen molar-refractivity contribution in [3.8, 4) is 0 Å². The maximum absolute atomic E-state index is 12.6. The fourth-order valence-electron chi connectivity index (χ4n) is 3.27. The molecule has 2 aromatic heterocycles. The molecule has 1 aliphatic heterocycles. The highest BCUT2D eigenvalue weighted by atomic mass is 16.2. The average Bonchev–Trinajstić information content (AvgIpc) is 3.10. The van der Waals surface area contributed by atoms with E-state index in [4.69, 9.17) is 0 Å². The Morgan fingerprint density at radius 1 is 1.17 bits per heavy atom. The van der Waals surface area contributed by atoms with E-state index in [2.05, 4.69) is 11.2 Å². The van der Waals surface area contributed by atoms with Gasteiger partial charge in [-0.3, -0.25) is 9.59 Å². The van der Waals surface area contributed by atoms with E-state index in [9.17, 15) is 9.59 Å². The molecular weight excluding hydrogens is 304 g/mol. The summed E-state index contributed by atoms with van der Waals surface area (Å²) < 4.78 is 3.05. The smallest absolute Gasteiger partial charge is 0.291 e. The molecule has 3 heterocycles. The molecule has 0 fully saturated rings. The van der Waals surface area contributed by atoms with Gasteiger partial charge in [0.25, 0.3) is 5.56 Å². The molecule has 1 aliphatic rings. The van der Waals surface area contributed by atoms with Gasteiger partial charge in [-0.2, -0.15) is 5.10 Å². The fraction of sp³-hybridized carbons (Fsp3) is 0.278. The molecule has 0 saturated heterocycles. The first-order valence-corrected chi connectivity index (χ1v) is 8.15. The van der Waals surface area contributed by atoms with Crippen LogP contribution in [-0.4, -0.2) is 26.6 Å². The maximum Gasteiger partial charge on any atom is 0.291 e. The molecule has 0 aliphatic carbocycles. The second-order valence-corrected chi connectivity index (χ2v) is 5.99.